The van der Waals surface area contributed by atoms with Crippen LogP contribution < -0.4 is 5.63 Å². The molecule has 1 N–H and O–H groups in total. The molecule has 0 bridgehead atoms. The summed E-state index contributed by atoms with van der Waals surface area (Å²) in [6.07, 6.45) is 0.580. The van der Waals surface area contributed by atoms with Crippen LogP contribution in [0.4, 0.5) is 0 Å². The van der Waals surface area contributed by atoms with Crippen LogP contribution in [0.1, 0.15) is 11.1 Å². The quantitative estimate of drug-likeness (QED) is 0.552. The van der Waals surface area contributed by atoms with Crippen LogP contribution in [0.5, 0.6) is 5.75 Å². The van der Waals surface area contributed by atoms with Crippen molar-refractivity contribution in [3.8, 4) is 16.9 Å². The fourth-order valence-corrected chi connectivity index (χ4v) is 3.11. The highest BCUT2D eigenvalue weighted by atomic mass is 16.4. The Morgan fingerprint density at radius 1 is 0.800 bits per heavy atom. The van der Waals surface area contributed by atoms with Gasteiger partial charge in [-0.05, 0) is 41.3 Å². The number of rotatable bonds is 3. The zero-order chi connectivity index (χ0) is 17.2. The van der Waals surface area contributed by atoms with Crippen molar-refractivity contribution < 1.29 is 9.52 Å². The van der Waals surface area contributed by atoms with Gasteiger partial charge in [-0.15, -0.1) is 0 Å². The lowest BCUT2D eigenvalue weighted by atomic mass is 9.93. The molecule has 0 saturated heterocycles. The van der Waals surface area contributed by atoms with Crippen LogP contribution in [0.15, 0.2) is 88.1 Å². The minimum atomic E-state index is -0.335. The van der Waals surface area contributed by atoms with Crippen LogP contribution in [-0.2, 0) is 6.42 Å². The Labute approximate surface area is 144 Å². The predicted octanol–water partition coefficient (Wildman–Crippen LogP) is 4.76. The Hall–Kier alpha value is -3.33. The van der Waals surface area contributed by atoms with E-state index in [0.29, 0.717) is 17.6 Å². The number of benzene rings is 3. The molecule has 0 aliphatic rings. The minimum Gasteiger partial charge on any atom is -0.508 e. The number of hydrogen-bond acceptors (Lipinski definition) is 3. The number of phenolic OH excluding ortho intramolecular Hbond substituents is 1. The molecule has 4 rings (SSSR count). The third kappa shape index (κ3) is 2.92. The van der Waals surface area contributed by atoms with Gasteiger partial charge >= 0.3 is 5.63 Å². The third-order valence-corrected chi connectivity index (χ3v) is 4.30. The zero-order valence-corrected chi connectivity index (χ0v) is 13.5. The van der Waals surface area contributed by atoms with Crippen molar-refractivity contribution in [3.63, 3.8) is 0 Å². The Bertz CT molecular complexity index is 1080. The van der Waals surface area contributed by atoms with E-state index in [0.717, 1.165) is 22.1 Å². The van der Waals surface area contributed by atoms with Gasteiger partial charge in [0.25, 0.3) is 0 Å². The van der Waals surface area contributed by atoms with Crippen LogP contribution in [0.2, 0.25) is 0 Å². The van der Waals surface area contributed by atoms with E-state index in [1.165, 1.54) is 0 Å². The van der Waals surface area contributed by atoms with E-state index < -0.39 is 0 Å². The maximum absolute atomic E-state index is 12.7. The second-order valence-corrected chi connectivity index (χ2v) is 5.95. The largest absolute Gasteiger partial charge is 0.508 e. The van der Waals surface area contributed by atoms with Crippen molar-refractivity contribution in [3.05, 3.63) is 100 Å². The summed E-state index contributed by atoms with van der Waals surface area (Å²) >= 11 is 0. The lowest BCUT2D eigenvalue weighted by molar-refractivity contribution is 0.475. The van der Waals surface area contributed by atoms with E-state index in [1.54, 1.807) is 12.1 Å². The number of para-hydroxylation sites is 1. The maximum Gasteiger partial charge on any atom is 0.344 e. The van der Waals surface area contributed by atoms with E-state index in [9.17, 15) is 9.90 Å². The molecule has 25 heavy (non-hydrogen) atoms. The molecule has 4 aromatic rings. The van der Waals surface area contributed by atoms with Gasteiger partial charge in [-0.25, -0.2) is 4.79 Å². The molecular weight excluding hydrogens is 312 g/mol. The molecule has 3 aromatic carbocycles. The van der Waals surface area contributed by atoms with Crippen LogP contribution >= 0.6 is 0 Å². The molecule has 0 amide bonds. The summed E-state index contributed by atoms with van der Waals surface area (Å²) in [5.74, 6) is 0.226. The molecule has 0 radical (unpaired) electrons. The van der Waals surface area contributed by atoms with Crippen molar-refractivity contribution in [1.82, 2.24) is 0 Å². The van der Waals surface area contributed by atoms with Crippen molar-refractivity contribution in [2.45, 2.75) is 6.42 Å². The second-order valence-electron chi connectivity index (χ2n) is 5.95. The number of hydrogen-bond donors (Lipinski definition) is 1. The molecule has 3 heteroatoms. The maximum atomic E-state index is 12.7. The first-order valence-corrected chi connectivity index (χ1v) is 8.10. The van der Waals surface area contributed by atoms with Crippen molar-refractivity contribution >= 4 is 11.0 Å². The first-order valence-electron chi connectivity index (χ1n) is 8.10. The number of phenols is 1. The smallest absolute Gasteiger partial charge is 0.344 e. The topological polar surface area (TPSA) is 50.4 Å². The fourth-order valence-electron chi connectivity index (χ4n) is 3.11. The molecule has 122 valence electrons. The predicted molar refractivity (Wildman–Crippen MR) is 98.8 cm³/mol. The summed E-state index contributed by atoms with van der Waals surface area (Å²) in [4.78, 5) is 12.7. The van der Waals surface area contributed by atoms with Gasteiger partial charge in [0.05, 0.1) is 5.56 Å². The van der Waals surface area contributed by atoms with Gasteiger partial charge in [0.1, 0.15) is 11.3 Å². The summed E-state index contributed by atoms with van der Waals surface area (Å²) in [6.45, 7) is 0. The summed E-state index contributed by atoms with van der Waals surface area (Å²) in [5, 5.41) is 10.4. The van der Waals surface area contributed by atoms with Crippen LogP contribution in [0.25, 0.3) is 22.1 Å². The van der Waals surface area contributed by atoms with Crippen LogP contribution in [0, 0.1) is 0 Å². The molecular formula is C22H16O3. The molecule has 0 aliphatic heterocycles. The van der Waals surface area contributed by atoms with Gasteiger partial charge in [-0.3, -0.25) is 0 Å². The average molecular weight is 328 g/mol. The fraction of sp³-hybridized carbons (Fsp3) is 0.0455. The van der Waals surface area contributed by atoms with Crippen molar-refractivity contribution in [2.24, 2.45) is 0 Å². The highest BCUT2D eigenvalue weighted by Crippen LogP contribution is 2.29. The Morgan fingerprint density at radius 2 is 1.48 bits per heavy atom. The molecule has 0 fully saturated rings. The van der Waals surface area contributed by atoms with Gasteiger partial charge in [0.2, 0.25) is 0 Å². The molecule has 0 saturated carbocycles. The standard InChI is InChI=1S/C22H16O3/c23-17-12-10-15(11-13-17)14-19-18-8-4-5-9-20(18)25-22(24)21(19)16-6-2-1-3-7-16/h1-13,23H,14H2. The molecule has 0 aliphatic carbocycles. The van der Waals surface area contributed by atoms with Crippen molar-refractivity contribution in [1.29, 1.82) is 0 Å². The Balaban J connectivity index is 1.98. The normalized spacial score (nSPS) is 10.9. The third-order valence-electron chi connectivity index (χ3n) is 4.30. The van der Waals surface area contributed by atoms with Crippen LogP contribution in [0.3, 0.4) is 0 Å². The monoisotopic (exact) mass is 328 g/mol. The Kier molecular flexibility index (Phi) is 3.82. The average Bonchev–Trinajstić information content (AvgIpc) is 2.64. The highest BCUT2D eigenvalue weighted by molar-refractivity contribution is 5.87. The number of fused-ring (bicyclic) bond motifs is 1. The lowest BCUT2D eigenvalue weighted by Gasteiger charge is -2.12. The van der Waals surface area contributed by atoms with E-state index in [4.69, 9.17) is 4.42 Å². The molecule has 1 heterocycles. The summed E-state index contributed by atoms with van der Waals surface area (Å²) in [7, 11) is 0. The zero-order valence-electron chi connectivity index (χ0n) is 13.5. The first kappa shape index (κ1) is 15.2. The summed E-state index contributed by atoms with van der Waals surface area (Å²) in [5.41, 5.74) is 3.64. The number of aromatic hydroxyl groups is 1. The first-order chi connectivity index (χ1) is 12.2. The second kappa shape index (κ2) is 6.29. The minimum absolute atomic E-state index is 0.226. The highest BCUT2D eigenvalue weighted by Gasteiger charge is 2.16. The SMILES string of the molecule is O=c1oc2ccccc2c(Cc2ccc(O)cc2)c1-c1ccccc1. The van der Waals surface area contributed by atoms with E-state index >= 15 is 0 Å². The van der Waals surface area contributed by atoms with Crippen LogP contribution in [-0.4, -0.2) is 5.11 Å². The summed E-state index contributed by atoms with van der Waals surface area (Å²) < 4.78 is 5.55. The molecule has 0 spiro atoms. The van der Waals surface area contributed by atoms with E-state index in [-0.39, 0.29) is 11.4 Å². The molecule has 1 aromatic heterocycles. The van der Waals surface area contributed by atoms with Crippen molar-refractivity contribution in [2.75, 3.05) is 0 Å². The molecule has 0 atom stereocenters. The molecule has 3 nitrogen and oxygen atoms in total. The van der Waals surface area contributed by atoms with Gasteiger partial charge < -0.3 is 9.52 Å². The summed E-state index contributed by atoms with van der Waals surface area (Å²) in [6, 6.07) is 24.2. The molecule has 0 unspecified atom stereocenters. The van der Waals surface area contributed by atoms with Gasteiger partial charge in [0.15, 0.2) is 0 Å². The van der Waals surface area contributed by atoms with Gasteiger partial charge in [-0.1, -0.05) is 60.7 Å². The van der Waals surface area contributed by atoms with Gasteiger partial charge in [-0.2, -0.15) is 0 Å². The van der Waals surface area contributed by atoms with Gasteiger partial charge in [0, 0.05) is 5.39 Å². The Morgan fingerprint density at radius 3 is 2.24 bits per heavy atom. The van der Waals surface area contributed by atoms with E-state index in [2.05, 4.69) is 0 Å². The lowest BCUT2D eigenvalue weighted by Crippen LogP contribution is -2.08. The van der Waals surface area contributed by atoms with E-state index in [1.807, 2.05) is 66.7 Å².